The summed E-state index contributed by atoms with van der Waals surface area (Å²) in [5.74, 6) is 3.66. The molecule has 3 rings (SSSR count). The molecule has 3 N–H and O–H groups in total. The average molecular weight is 257 g/mol. The van der Waals surface area contributed by atoms with Crippen LogP contribution < -0.4 is 11.1 Å². The minimum atomic E-state index is 0.598. The zero-order valence-electron chi connectivity index (χ0n) is 11.8. The molecule has 19 heavy (non-hydrogen) atoms. The van der Waals surface area contributed by atoms with Crippen molar-refractivity contribution in [2.75, 3.05) is 0 Å². The van der Waals surface area contributed by atoms with Crippen LogP contribution in [0.1, 0.15) is 31.4 Å². The molecule has 0 unspecified atom stereocenters. The van der Waals surface area contributed by atoms with E-state index in [1.54, 1.807) is 0 Å². The predicted octanol–water partition coefficient (Wildman–Crippen LogP) is 2.31. The van der Waals surface area contributed by atoms with Crippen LogP contribution in [0.2, 0.25) is 0 Å². The number of piperidine rings is 1. The summed E-state index contributed by atoms with van der Waals surface area (Å²) in [6, 6.07) is 9.08. The molecule has 102 valence electrons. The second kappa shape index (κ2) is 4.97. The average Bonchev–Trinajstić information content (AvgIpc) is 3.08. The Bertz CT molecular complexity index is 485. The Labute approximate surface area is 115 Å². The molecule has 1 aromatic carbocycles. The van der Waals surface area contributed by atoms with E-state index in [0.29, 0.717) is 12.6 Å². The monoisotopic (exact) mass is 257 g/mol. The van der Waals surface area contributed by atoms with E-state index in [0.717, 1.165) is 30.7 Å². The first-order chi connectivity index (χ1) is 9.19. The molecule has 1 saturated heterocycles. The van der Waals surface area contributed by atoms with Crippen LogP contribution in [0.3, 0.4) is 0 Å². The third-order valence-corrected chi connectivity index (χ3v) is 4.63. The molecule has 3 heteroatoms. The van der Waals surface area contributed by atoms with Crippen molar-refractivity contribution in [1.29, 1.82) is 0 Å². The number of nitrogens with two attached hydrogens (primary N) is 1. The van der Waals surface area contributed by atoms with E-state index in [2.05, 4.69) is 43.4 Å². The highest BCUT2D eigenvalue weighted by molar-refractivity contribution is 5.84. The number of hydrogen-bond donors (Lipinski definition) is 2. The molecule has 1 aromatic rings. The first-order valence-electron chi connectivity index (χ1n) is 7.27. The quantitative estimate of drug-likeness (QED) is 0.873. The van der Waals surface area contributed by atoms with E-state index in [-0.39, 0.29) is 0 Å². The maximum Gasteiger partial charge on any atom is 0.0972 e. The summed E-state index contributed by atoms with van der Waals surface area (Å²) in [6.07, 6.45) is 1.10. The van der Waals surface area contributed by atoms with Crippen molar-refractivity contribution in [3.05, 3.63) is 35.4 Å². The number of amidine groups is 1. The molecule has 0 spiro atoms. The number of aliphatic imine (C=N–C) groups is 1. The molecule has 1 aliphatic carbocycles. The predicted molar refractivity (Wildman–Crippen MR) is 78.8 cm³/mol. The fourth-order valence-corrected chi connectivity index (χ4v) is 3.44. The molecular weight excluding hydrogens is 234 g/mol. The molecule has 0 radical (unpaired) electrons. The van der Waals surface area contributed by atoms with E-state index in [1.165, 1.54) is 17.0 Å². The van der Waals surface area contributed by atoms with Crippen molar-refractivity contribution >= 4 is 5.84 Å². The van der Waals surface area contributed by atoms with Gasteiger partial charge in [-0.15, -0.1) is 0 Å². The molecule has 0 amide bonds. The van der Waals surface area contributed by atoms with Gasteiger partial charge in [0, 0.05) is 19.0 Å². The normalized spacial score (nSPS) is 34.8. The van der Waals surface area contributed by atoms with Crippen LogP contribution in [0.15, 0.2) is 29.3 Å². The maximum atomic E-state index is 5.67. The van der Waals surface area contributed by atoms with Crippen LogP contribution in [0.25, 0.3) is 0 Å². The summed E-state index contributed by atoms with van der Waals surface area (Å²) in [4.78, 5) is 4.76. The molecule has 2 aliphatic rings. The first kappa shape index (κ1) is 12.7. The Morgan fingerprint density at radius 1 is 1.32 bits per heavy atom. The van der Waals surface area contributed by atoms with E-state index in [1.807, 2.05) is 0 Å². The number of nitrogens with one attached hydrogen (secondary N) is 1. The number of rotatable bonds is 3. The van der Waals surface area contributed by atoms with Crippen molar-refractivity contribution < 1.29 is 0 Å². The van der Waals surface area contributed by atoms with Crippen LogP contribution in [0.4, 0.5) is 0 Å². The van der Waals surface area contributed by atoms with Gasteiger partial charge in [-0.1, -0.05) is 38.1 Å². The third kappa shape index (κ3) is 2.52. The molecule has 4 atom stereocenters. The Balaban J connectivity index is 1.66. The zero-order valence-corrected chi connectivity index (χ0v) is 11.8. The van der Waals surface area contributed by atoms with Gasteiger partial charge in [0.25, 0.3) is 0 Å². The van der Waals surface area contributed by atoms with E-state index >= 15 is 0 Å². The molecule has 0 aromatic heterocycles. The summed E-state index contributed by atoms with van der Waals surface area (Å²) in [7, 11) is 0. The maximum absolute atomic E-state index is 5.67. The van der Waals surface area contributed by atoms with Gasteiger partial charge < -0.3 is 11.1 Å². The van der Waals surface area contributed by atoms with E-state index in [4.69, 9.17) is 10.7 Å². The van der Waals surface area contributed by atoms with Gasteiger partial charge in [0.05, 0.1) is 12.4 Å². The summed E-state index contributed by atoms with van der Waals surface area (Å²) >= 11 is 0. The Hall–Kier alpha value is -1.35. The lowest BCUT2D eigenvalue weighted by molar-refractivity contribution is 0.463. The minimum Gasteiger partial charge on any atom is -0.371 e. The Kier molecular flexibility index (Phi) is 3.31. The molecule has 1 saturated carbocycles. The summed E-state index contributed by atoms with van der Waals surface area (Å²) in [5, 5.41) is 3.59. The second-order valence-corrected chi connectivity index (χ2v) is 6.07. The van der Waals surface area contributed by atoms with Gasteiger partial charge in [-0.05, 0) is 28.9 Å². The number of nitrogens with zero attached hydrogens (tertiary/aromatic N) is 1. The SMILES string of the molecule is C[C@H]1[C@H]2NC(=NCc3cccc(CN)c3)C[C@H](C)[C@@H]12. The highest BCUT2D eigenvalue weighted by Crippen LogP contribution is 2.48. The Morgan fingerprint density at radius 3 is 2.84 bits per heavy atom. The van der Waals surface area contributed by atoms with Gasteiger partial charge >= 0.3 is 0 Å². The topological polar surface area (TPSA) is 50.4 Å². The van der Waals surface area contributed by atoms with Crippen molar-refractivity contribution in [2.45, 2.75) is 39.4 Å². The molecule has 1 heterocycles. The summed E-state index contributed by atoms with van der Waals surface area (Å²) < 4.78 is 0. The van der Waals surface area contributed by atoms with Gasteiger partial charge in [0.2, 0.25) is 0 Å². The van der Waals surface area contributed by atoms with Gasteiger partial charge in [-0.25, -0.2) is 0 Å². The fraction of sp³-hybridized carbons (Fsp3) is 0.562. The van der Waals surface area contributed by atoms with Gasteiger partial charge in [0.15, 0.2) is 0 Å². The molecule has 3 nitrogen and oxygen atoms in total. The van der Waals surface area contributed by atoms with Gasteiger partial charge in [-0.3, -0.25) is 4.99 Å². The lowest BCUT2D eigenvalue weighted by Crippen LogP contribution is -2.34. The number of hydrogen-bond acceptors (Lipinski definition) is 2. The van der Waals surface area contributed by atoms with Crippen molar-refractivity contribution in [3.63, 3.8) is 0 Å². The fourth-order valence-electron chi connectivity index (χ4n) is 3.44. The zero-order chi connectivity index (χ0) is 13.4. The molecule has 0 bridgehead atoms. The van der Waals surface area contributed by atoms with Crippen molar-refractivity contribution in [1.82, 2.24) is 5.32 Å². The lowest BCUT2D eigenvalue weighted by Gasteiger charge is -2.20. The molecule has 2 fully saturated rings. The first-order valence-corrected chi connectivity index (χ1v) is 7.27. The number of fused-ring (bicyclic) bond motifs is 1. The standard InChI is InChI=1S/C16H23N3/c1-10-6-14(19-16-11(2)15(10)16)18-9-13-5-3-4-12(7-13)8-17/h3-5,7,10-11,15-16H,6,8-9,17H2,1-2H3,(H,18,19)/t10-,11+,15-,16+/m0/s1. The summed E-state index contributed by atoms with van der Waals surface area (Å²) in [6.45, 7) is 6.05. The summed E-state index contributed by atoms with van der Waals surface area (Å²) in [5.41, 5.74) is 8.09. The van der Waals surface area contributed by atoms with Crippen LogP contribution in [0.5, 0.6) is 0 Å². The van der Waals surface area contributed by atoms with Gasteiger partial charge in [-0.2, -0.15) is 0 Å². The molecule has 1 aliphatic heterocycles. The lowest BCUT2D eigenvalue weighted by atomic mass is 9.97. The van der Waals surface area contributed by atoms with Crippen molar-refractivity contribution in [3.8, 4) is 0 Å². The van der Waals surface area contributed by atoms with E-state index in [9.17, 15) is 0 Å². The largest absolute Gasteiger partial charge is 0.371 e. The minimum absolute atomic E-state index is 0.598. The smallest absolute Gasteiger partial charge is 0.0972 e. The number of benzene rings is 1. The van der Waals surface area contributed by atoms with Crippen LogP contribution in [-0.2, 0) is 13.1 Å². The van der Waals surface area contributed by atoms with E-state index < -0.39 is 0 Å². The highest BCUT2D eigenvalue weighted by atomic mass is 15.1. The second-order valence-electron chi connectivity index (χ2n) is 6.07. The van der Waals surface area contributed by atoms with Crippen LogP contribution in [-0.4, -0.2) is 11.9 Å². The Morgan fingerprint density at radius 2 is 2.11 bits per heavy atom. The van der Waals surface area contributed by atoms with Crippen molar-refractivity contribution in [2.24, 2.45) is 28.5 Å². The van der Waals surface area contributed by atoms with Gasteiger partial charge in [0.1, 0.15) is 0 Å². The van der Waals surface area contributed by atoms with Crippen LogP contribution in [0, 0.1) is 17.8 Å². The highest BCUT2D eigenvalue weighted by Gasteiger charge is 2.52. The third-order valence-electron chi connectivity index (χ3n) is 4.63. The van der Waals surface area contributed by atoms with Crippen LogP contribution >= 0.6 is 0 Å². The molecular formula is C16H23N3.